The van der Waals surface area contributed by atoms with E-state index in [4.69, 9.17) is 34.4 Å². The summed E-state index contributed by atoms with van der Waals surface area (Å²) >= 11 is 0. The zero-order valence-corrected chi connectivity index (χ0v) is 45.6. The molecule has 0 spiro atoms. The molecule has 4 atom stereocenters. The first-order valence-corrected chi connectivity index (χ1v) is 27.2. The molecule has 0 saturated heterocycles. The first-order chi connectivity index (χ1) is 38.4. The molecule has 0 unspecified atom stereocenters. The van der Waals surface area contributed by atoms with Gasteiger partial charge in [-0.2, -0.15) is 0 Å². The molecule has 5 heterocycles. The van der Waals surface area contributed by atoms with Crippen LogP contribution >= 0.6 is 0 Å². The largest absolute Gasteiger partial charge is 0.458 e. The Bertz CT molecular complexity index is 2930. The lowest BCUT2D eigenvalue weighted by Crippen LogP contribution is -2.56. The predicted octanol–water partition coefficient (Wildman–Crippen LogP) is 0.389. The van der Waals surface area contributed by atoms with Crippen LogP contribution in [0.5, 0.6) is 0 Å². The van der Waals surface area contributed by atoms with Crippen molar-refractivity contribution in [1.82, 2.24) is 41.0 Å². The minimum atomic E-state index is -2.06. The molecule has 3 aliphatic heterocycles. The normalized spacial score (nSPS) is 17.7. The number of pyridine rings is 2. The Hall–Kier alpha value is -7.03. The average molecular weight is 1120 g/mol. The summed E-state index contributed by atoms with van der Waals surface area (Å²) in [6.07, 6.45) is 4.20. The number of esters is 1. The Kier molecular flexibility index (Phi) is 21.1. The van der Waals surface area contributed by atoms with Crippen LogP contribution in [0.15, 0.2) is 29.1 Å². The van der Waals surface area contributed by atoms with E-state index in [-0.39, 0.29) is 108 Å². The monoisotopic (exact) mass is 1120 g/mol. The van der Waals surface area contributed by atoms with Crippen LogP contribution in [0.3, 0.4) is 0 Å². The van der Waals surface area contributed by atoms with Gasteiger partial charge in [0, 0.05) is 60.7 Å². The van der Waals surface area contributed by atoms with Crippen LogP contribution in [0, 0.1) is 18.7 Å². The number of nitrogens with zero attached hydrogens (tertiary/aromatic N) is 3. The van der Waals surface area contributed by atoms with Crippen LogP contribution in [0.4, 0.5) is 4.39 Å². The van der Waals surface area contributed by atoms with E-state index >= 15 is 4.39 Å². The molecular weight excluding hydrogens is 1050 g/mol. The highest BCUT2D eigenvalue weighted by Crippen LogP contribution is 2.46. The maximum Gasteiger partial charge on any atom is 0.343 e. The van der Waals surface area contributed by atoms with Crippen LogP contribution in [-0.4, -0.2) is 158 Å². The fourth-order valence-corrected chi connectivity index (χ4v) is 10.2. The zero-order valence-electron chi connectivity index (χ0n) is 45.6. The number of nitrogens with two attached hydrogens (primary N) is 1. The molecule has 0 radical (unpaired) electrons. The van der Waals surface area contributed by atoms with Crippen LogP contribution in [0.25, 0.3) is 22.3 Å². The summed E-state index contributed by atoms with van der Waals surface area (Å²) in [7, 11) is 0. The van der Waals surface area contributed by atoms with Crippen LogP contribution < -0.4 is 37.9 Å². The van der Waals surface area contributed by atoms with E-state index in [1.807, 2.05) is 0 Å². The molecule has 0 fully saturated rings. The third-order valence-corrected chi connectivity index (χ3v) is 14.6. The Morgan fingerprint density at radius 1 is 0.850 bits per heavy atom. The second kappa shape index (κ2) is 27.9. The molecule has 7 rings (SSSR count). The third kappa shape index (κ3) is 14.3. The number of aryl methyl sites for hydroxylation is 1. The number of fused-ring (bicyclic) bond motifs is 5. The molecule has 3 aromatic rings. The lowest BCUT2D eigenvalue weighted by atomic mass is 9.81. The van der Waals surface area contributed by atoms with Gasteiger partial charge in [-0.3, -0.25) is 43.3 Å². The minimum Gasteiger partial charge on any atom is -0.458 e. The second-order valence-electron chi connectivity index (χ2n) is 20.3. The number of imide groups is 1. The van der Waals surface area contributed by atoms with Gasteiger partial charge in [0.2, 0.25) is 29.5 Å². The SMILES string of the molecule is CC[C@@]1(O)C(=O)OCc2c1cc1n(c2=O)Cc2c-1nc1cc(F)c(C)c3c1c2[C@@H](NC(=O)CNC(=O)[C@@H](CCCCN)NC(=O)[C@H](NC(=O)CCOCCOCCOCCOCCNC(=O)CCN1C(=O)C=CC1=O)C(C)C)CC3. The Labute approximate surface area is 461 Å². The number of carbonyl (C=O) groups is 8. The van der Waals surface area contributed by atoms with Crippen LogP contribution in [-0.2, 0) is 87.2 Å². The molecule has 434 valence electrons. The van der Waals surface area contributed by atoms with E-state index in [2.05, 4.69) is 26.6 Å². The number of aliphatic hydroxyl groups is 1. The summed E-state index contributed by atoms with van der Waals surface area (Å²) in [5, 5.41) is 25.9. The highest BCUT2D eigenvalue weighted by molar-refractivity contribution is 6.13. The van der Waals surface area contributed by atoms with Crippen molar-refractivity contribution in [2.75, 3.05) is 79.0 Å². The van der Waals surface area contributed by atoms with Crippen molar-refractivity contribution in [2.24, 2.45) is 11.7 Å². The minimum absolute atomic E-state index is 0.00246. The van der Waals surface area contributed by atoms with Crippen molar-refractivity contribution in [2.45, 2.75) is 116 Å². The number of amides is 7. The van der Waals surface area contributed by atoms with Gasteiger partial charge in [-0.25, -0.2) is 14.2 Å². The predicted molar refractivity (Wildman–Crippen MR) is 284 cm³/mol. The average Bonchev–Trinajstić information content (AvgIpc) is 4.06. The van der Waals surface area contributed by atoms with E-state index in [0.717, 1.165) is 10.5 Å². The third-order valence-electron chi connectivity index (χ3n) is 14.6. The van der Waals surface area contributed by atoms with Gasteiger partial charge in [-0.15, -0.1) is 0 Å². The summed E-state index contributed by atoms with van der Waals surface area (Å²) in [6, 6.07) is 0.143. The summed E-state index contributed by atoms with van der Waals surface area (Å²) in [4.78, 5) is 122. The molecule has 8 N–H and O–H groups in total. The number of rotatable bonds is 31. The second-order valence-corrected chi connectivity index (χ2v) is 20.3. The van der Waals surface area contributed by atoms with Gasteiger partial charge in [0.25, 0.3) is 17.4 Å². The topological polar surface area (TPSA) is 327 Å². The van der Waals surface area contributed by atoms with Crippen LogP contribution in [0.1, 0.15) is 105 Å². The molecule has 24 nitrogen and oxygen atoms in total. The number of hydrogen-bond acceptors (Lipinski definition) is 17. The smallest absolute Gasteiger partial charge is 0.343 e. The number of nitrogens with one attached hydrogen (secondary N) is 5. The number of benzene rings is 1. The van der Waals surface area contributed by atoms with E-state index in [9.17, 15) is 48.3 Å². The molecule has 7 amide bonds. The lowest BCUT2D eigenvalue weighted by molar-refractivity contribution is -0.172. The van der Waals surface area contributed by atoms with E-state index in [0.29, 0.717) is 91.0 Å². The molecule has 4 aliphatic rings. The molecule has 25 heteroatoms. The van der Waals surface area contributed by atoms with Gasteiger partial charge < -0.3 is 65.7 Å². The van der Waals surface area contributed by atoms with Gasteiger partial charge in [-0.05, 0) is 80.7 Å². The quantitative estimate of drug-likeness (QED) is 0.0204. The lowest BCUT2D eigenvalue weighted by Gasteiger charge is -2.31. The maximum atomic E-state index is 15.5. The summed E-state index contributed by atoms with van der Waals surface area (Å²) in [5.41, 5.74) is 6.88. The number of halogens is 1. The molecule has 0 saturated carbocycles. The van der Waals surface area contributed by atoms with Crippen molar-refractivity contribution < 1.29 is 71.5 Å². The summed E-state index contributed by atoms with van der Waals surface area (Å²) < 4.78 is 44.1. The van der Waals surface area contributed by atoms with Crippen molar-refractivity contribution in [3.63, 3.8) is 0 Å². The number of aromatic nitrogens is 2. The van der Waals surface area contributed by atoms with Crippen molar-refractivity contribution >= 4 is 58.2 Å². The molecule has 1 aliphatic carbocycles. The van der Waals surface area contributed by atoms with Crippen LogP contribution in [0.2, 0.25) is 0 Å². The maximum absolute atomic E-state index is 15.5. The van der Waals surface area contributed by atoms with Gasteiger partial charge in [0.1, 0.15) is 24.5 Å². The standard InChI is InChI=1S/C55H72FN9O15/c1-5-55(75)36-26-41-50-34(29-65(41)53(73)35(36)30-80-54(55)74)48-38(10-9-33-32(4)37(56)27-40(61-50)47(33)48)60-44(68)28-59-51(71)39(8-6-7-15-57)62-52(72)49(31(2)3)63-43(67)14-18-76-20-22-78-24-25-79-23-21-77-19-16-58-42(66)13-17-64-45(69)11-12-46(64)70/h11-12,26-27,31,38-39,49,75H,5-10,13-25,28-30,57H2,1-4H3,(H,58,66)(H,59,71)(H,60,68)(H,62,72)(H,63,67)/t38-,39+,49+,55-/m0/s1. The van der Waals surface area contributed by atoms with Crippen molar-refractivity contribution in [3.8, 4) is 11.4 Å². The molecule has 80 heavy (non-hydrogen) atoms. The molecular formula is C55H72FN9O15. The Morgan fingerprint density at radius 3 is 2.19 bits per heavy atom. The van der Waals surface area contributed by atoms with E-state index in [1.54, 1.807) is 33.8 Å². The Morgan fingerprint density at radius 2 is 1.52 bits per heavy atom. The van der Waals surface area contributed by atoms with Gasteiger partial charge in [-0.1, -0.05) is 20.8 Å². The zero-order chi connectivity index (χ0) is 57.7. The Balaban J connectivity index is 0.843. The van der Waals surface area contributed by atoms with Crippen molar-refractivity contribution in [3.05, 3.63) is 73.8 Å². The van der Waals surface area contributed by atoms with Gasteiger partial charge in [0.15, 0.2) is 5.60 Å². The number of unbranched alkanes of at least 4 members (excludes halogenated alkanes) is 1. The fourth-order valence-electron chi connectivity index (χ4n) is 10.2. The number of ether oxygens (including phenoxy) is 5. The van der Waals surface area contributed by atoms with E-state index in [1.165, 1.54) is 22.8 Å². The number of carbonyl (C=O) groups excluding carboxylic acids is 8. The first-order valence-electron chi connectivity index (χ1n) is 27.2. The highest BCUT2D eigenvalue weighted by atomic mass is 19.1. The number of cyclic esters (lactones) is 1. The molecule has 1 aromatic carbocycles. The fraction of sp³-hybridized carbons (Fsp3) is 0.564. The summed E-state index contributed by atoms with van der Waals surface area (Å²) in [5.74, 6) is -5.11. The van der Waals surface area contributed by atoms with E-state index < -0.39 is 83.1 Å². The molecule has 2 aromatic heterocycles. The van der Waals surface area contributed by atoms with Gasteiger partial charge in [0.05, 0.1) is 94.5 Å². The first kappa shape index (κ1) is 60.6. The highest BCUT2D eigenvalue weighted by Gasteiger charge is 2.46. The summed E-state index contributed by atoms with van der Waals surface area (Å²) in [6.45, 7) is 8.59. The van der Waals surface area contributed by atoms with Crippen molar-refractivity contribution in [1.29, 1.82) is 0 Å². The van der Waals surface area contributed by atoms with Gasteiger partial charge >= 0.3 is 5.97 Å². The molecule has 0 bridgehead atoms. The number of hydrogen-bond donors (Lipinski definition) is 7.